The zero-order chi connectivity index (χ0) is 15.9. The number of rotatable bonds is 8. The highest BCUT2D eigenvalue weighted by Crippen LogP contribution is 2.22. The first-order chi connectivity index (χ1) is 10.6. The number of fused-ring (bicyclic) bond motifs is 1. The van der Waals surface area contributed by atoms with Crippen LogP contribution >= 0.6 is 12.4 Å². The van der Waals surface area contributed by atoms with Crippen LogP contribution in [-0.4, -0.2) is 17.4 Å². The predicted molar refractivity (Wildman–Crippen MR) is 99.0 cm³/mol. The molecule has 0 aliphatic carbocycles. The number of H-pyrrole nitrogens is 1. The highest BCUT2D eigenvalue weighted by Gasteiger charge is 2.06. The Morgan fingerprint density at radius 3 is 2.65 bits per heavy atom. The molecule has 2 rings (SSSR count). The maximum absolute atomic E-state index is 11.8. The minimum Gasteiger partial charge on any atom is -0.358 e. The number of aromatic amines is 1. The van der Waals surface area contributed by atoms with Gasteiger partial charge in [-0.25, -0.2) is 0 Å². The third kappa shape index (κ3) is 5.56. The maximum atomic E-state index is 11.8. The quantitative estimate of drug-likeness (QED) is 0.642. The van der Waals surface area contributed by atoms with Crippen LogP contribution in [-0.2, 0) is 11.3 Å². The fraction of sp³-hybridized carbons (Fsp3) is 0.500. The van der Waals surface area contributed by atoms with Gasteiger partial charge in [-0.3, -0.25) is 4.79 Å². The highest BCUT2D eigenvalue weighted by molar-refractivity contribution is 5.85. The van der Waals surface area contributed by atoms with E-state index in [1.54, 1.807) is 0 Å². The molecule has 4 nitrogen and oxygen atoms in total. The average Bonchev–Trinajstić information content (AvgIpc) is 2.80. The molecule has 0 aliphatic rings. The summed E-state index contributed by atoms with van der Waals surface area (Å²) in [5.41, 5.74) is 10.2. The topological polar surface area (TPSA) is 70.9 Å². The Bertz CT molecular complexity index is 636. The van der Waals surface area contributed by atoms with Gasteiger partial charge in [-0.2, -0.15) is 0 Å². The van der Waals surface area contributed by atoms with E-state index in [0.717, 1.165) is 43.3 Å². The smallest absolute Gasteiger partial charge is 0.220 e. The molecular formula is C18H28ClN3O. The van der Waals surface area contributed by atoms with E-state index in [2.05, 4.69) is 42.3 Å². The molecule has 0 aliphatic heterocycles. The summed E-state index contributed by atoms with van der Waals surface area (Å²) in [6, 6.07) is 6.32. The number of unbranched alkanes of at least 4 members (excludes halogenated alkanes) is 3. The van der Waals surface area contributed by atoms with Crippen LogP contribution < -0.4 is 11.1 Å². The lowest BCUT2D eigenvalue weighted by Crippen LogP contribution is -2.22. The zero-order valence-corrected chi connectivity index (χ0v) is 14.9. The first-order valence-corrected chi connectivity index (χ1v) is 8.16. The molecule has 23 heavy (non-hydrogen) atoms. The molecule has 0 radical (unpaired) electrons. The molecule has 1 aromatic carbocycles. The molecule has 0 fully saturated rings. The molecule has 1 amide bonds. The van der Waals surface area contributed by atoms with E-state index in [4.69, 9.17) is 5.73 Å². The lowest BCUT2D eigenvalue weighted by molar-refractivity contribution is -0.121. The van der Waals surface area contributed by atoms with E-state index in [1.807, 2.05) is 0 Å². The van der Waals surface area contributed by atoms with Crippen LogP contribution in [0.25, 0.3) is 10.9 Å². The van der Waals surface area contributed by atoms with E-state index in [0.29, 0.717) is 13.0 Å². The van der Waals surface area contributed by atoms with E-state index < -0.39 is 0 Å². The van der Waals surface area contributed by atoms with Crippen molar-refractivity contribution in [3.63, 3.8) is 0 Å². The van der Waals surface area contributed by atoms with Gasteiger partial charge in [0.15, 0.2) is 0 Å². The van der Waals surface area contributed by atoms with Crippen molar-refractivity contribution in [2.24, 2.45) is 5.73 Å². The number of aryl methyl sites for hydroxylation is 2. The summed E-state index contributed by atoms with van der Waals surface area (Å²) in [5, 5.41) is 4.25. The molecule has 1 heterocycles. The van der Waals surface area contributed by atoms with Crippen molar-refractivity contribution in [3.8, 4) is 0 Å². The Balaban J connectivity index is 0.00000264. The van der Waals surface area contributed by atoms with Gasteiger partial charge in [0.2, 0.25) is 5.91 Å². The fourth-order valence-corrected chi connectivity index (χ4v) is 2.69. The zero-order valence-electron chi connectivity index (χ0n) is 14.1. The Morgan fingerprint density at radius 2 is 1.91 bits per heavy atom. The molecule has 1 aromatic heterocycles. The molecular weight excluding hydrogens is 310 g/mol. The summed E-state index contributed by atoms with van der Waals surface area (Å²) in [7, 11) is 0. The third-order valence-corrected chi connectivity index (χ3v) is 4.22. The standard InChI is InChI=1S/C18H27N3O.ClH/c1-13-14(2)21-17-9-8-15(11-16(13)17)12-20-18(22)7-5-3-4-6-10-19;/h8-9,11,21H,3-7,10,12,19H2,1-2H3,(H,20,22);1H. The summed E-state index contributed by atoms with van der Waals surface area (Å²) >= 11 is 0. The summed E-state index contributed by atoms with van der Waals surface area (Å²) < 4.78 is 0. The first kappa shape index (κ1) is 19.5. The normalized spacial score (nSPS) is 10.6. The Kier molecular flexibility index (Phi) is 8.13. The van der Waals surface area contributed by atoms with Gasteiger partial charge in [-0.05, 0) is 56.5 Å². The highest BCUT2D eigenvalue weighted by atomic mass is 35.5. The van der Waals surface area contributed by atoms with E-state index in [-0.39, 0.29) is 18.3 Å². The van der Waals surface area contributed by atoms with Crippen LogP contribution in [0.3, 0.4) is 0 Å². The van der Waals surface area contributed by atoms with E-state index in [9.17, 15) is 4.79 Å². The molecule has 128 valence electrons. The lowest BCUT2D eigenvalue weighted by atomic mass is 10.1. The Labute approximate surface area is 144 Å². The van der Waals surface area contributed by atoms with Crippen LogP contribution in [0.4, 0.5) is 0 Å². The number of nitrogens with one attached hydrogen (secondary N) is 2. The Morgan fingerprint density at radius 1 is 1.17 bits per heavy atom. The summed E-state index contributed by atoms with van der Waals surface area (Å²) in [4.78, 5) is 15.2. The minimum atomic E-state index is 0. The van der Waals surface area contributed by atoms with Gasteiger partial charge in [0.1, 0.15) is 0 Å². The molecule has 0 spiro atoms. The van der Waals surface area contributed by atoms with E-state index in [1.165, 1.54) is 16.6 Å². The van der Waals surface area contributed by atoms with Gasteiger partial charge in [-0.1, -0.05) is 18.9 Å². The molecule has 0 saturated carbocycles. The van der Waals surface area contributed by atoms with Gasteiger partial charge >= 0.3 is 0 Å². The molecule has 4 N–H and O–H groups in total. The van der Waals surface area contributed by atoms with Crippen LogP contribution in [0, 0.1) is 13.8 Å². The number of nitrogens with two attached hydrogens (primary N) is 1. The first-order valence-electron chi connectivity index (χ1n) is 8.16. The van der Waals surface area contributed by atoms with Crippen molar-refractivity contribution in [2.45, 2.75) is 52.5 Å². The average molecular weight is 338 g/mol. The van der Waals surface area contributed by atoms with Gasteiger partial charge < -0.3 is 16.0 Å². The third-order valence-electron chi connectivity index (χ3n) is 4.22. The molecule has 5 heteroatoms. The minimum absolute atomic E-state index is 0. The number of amides is 1. The fourth-order valence-electron chi connectivity index (χ4n) is 2.69. The van der Waals surface area contributed by atoms with Crippen molar-refractivity contribution < 1.29 is 4.79 Å². The number of aromatic nitrogens is 1. The van der Waals surface area contributed by atoms with E-state index >= 15 is 0 Å². The van der Waals surface area contributed by atoms with Gasteiger partial charge in [-0.15, -0.1) is 12.4 Å². The van der Waals surface area contributed by atoms with Crippen LogP contribution in [0.15, 0.2) is 18.2 Å². The van der Waals surface area contributed by atoms with Gasteiger partial charge in [0, 0.05) is 29.6 Å². The van der Waals surface area contributed by atoms with Crippen LogP contribution in [0.5, 0.6) is 0 Å². The monoisotopic (exact) mass is 337 g/mol. The molecule has 0 atom stereocenters. The number of halogens is 1. The molecule has 0 unspecified atom stereocenters. The number of hydrogen-bond acceptors (Lipinski definition) is 2. The van der Waals surface area contributed by atoms with Crippen LogP contribution in [0.2, 0.25) is 0 Å². The molecule has 0 bridgehead atoms. The predicted octanol–water partition coefficient (Wildman–Crippen LogP) is 3.73. The number of benzene rings is 1. The van der Waals surface area contributed by atoms with Crippen molar-refractivity contribution in [2.75, 3.05) is 6.54 Å². The summed E-state index contributed by atoms with van der Waals surface area (Å²) in [5.74, 6) is 0.134. The number of hydrogen-bond donors (Lipinski definition) is 3. The van der Waals surface area contributed by atoms with Crippen molar-refractivity contribution in [3.05, 3.63) is 35.0 Å². The molecule has 2 aromatic rings. The summed E-state index contributed by atoms with van der Waals surface area (Å²) in [6.07, 6.45) is 4.80. The Hall–Kier alpha value is -1.52. The van der Waals surface area contributed by atoms with Gasteiger partial charge in [0.05, 0.1) is 0 Å². The second-order valence-electron chi connectivity index (χ2n) is 5.98. The maximum Gasteiger partial charge on any atom is 0.220 e. The number of carbonyl (C=O) groups excluding carboxylic acids is 1. The SMILES string of the molecule is Cc1[nH]c2ccc(CNC(=O)CCCCCCN)cc2c1C.Cl. The van der Waals surface area contributed by atoms with Gasteiger partial charge in [0.25, 0.3) is 0 Å². The molecule has 0 saturated heterocycles. The van der Waals surface area contributed by atoms with Crippen molar-refractivity contribution in [1.29, 1.82) is 0 Å². The van der Waals surface area contributed by atoms with Crippen molar-refractivity contribution in [1.82, 2.24) is 10.3 Å². The van der Waals surface area contributed by atoms with Crippen molar-refractivity contribution >= 4 is 29.2 Å². The second kappa shape index (κ2) is 9.58. The number of carbonyl (C=O) groups is 1. The largest absolute Gasteiger partial charge is 0.358 e. The second-order valence-corrected chi connectivity index (χ2v) is 5.98. The summed E-state index contributed by atoms with van der Waals surface area (Å²) in [6.45, 7) is 5.55. The lowest BCUT2D eigenvalue weighted by Gasteiger charge is -2.06. The van der Waals surface area contributed by atoms with Crippen LogP contribution in [0.1, 0.15) is 48.9 Å².